The summed E-state index contributed by atoms with van der Waals surface area (Å²) in [6.45, 7) is 8.41. The van der Waals surface area contributed by atoms with Crippen molar-refractivity contribution in [3.8, 4) is 0 Å². The summed E-state index contributed by atoms with van der Waals surface area (Å²) >= 11 is 0. The summed E-state index contributed by atoms with van der Waals surface area (Å²) in [5.74, 6) is 0.715. The number of carbonyl (C=O) groups is 2. The third-order valence-corrected chi connectivity index (χ3v) is 6.38. The van der Waals surface area contributed by atoms with Crippen molar-refractivity contribution in [2.75, 3.05) is 31.6 Å². The van der Waals surface area contributed by atoms with Crippen LogP contribution < -0.4 is 4.90 Å². The summed E-state index contributed by atoms with van der Waals surface area (Å²) in [4.78, 5) is 38.4. The Bertz CT molecular complexity index is 847. The first-order valence-corrected chi connectivity index (χ1v) is 11.2. The van der Waals surface area contributed by atoms with Crippen molar-refractivity contribution in [1.29, 1.82) is 0 Å². The highest BCUT2D eigenvalue weighted by atomic mass is 16.2. The number of amides is 3. The number of hydrogen-bond acceptors (Lipinski definition) is 5. The van der Waals surface area contributed by atoms with E-state index in [4.69, 9.17) is 4.99 Å². The highest BCUT2D eigenvalue weighted by molar-refractivity contribution is 6.08. The predicted molar refractivity (Wildman–Crippen MR) is 119 cm³/mol. The maximum absolute atomic E-state index is 13.3. The van der Waals surface area contributed by atoms with Crippen LogP contribution in [-0.2, 0) is 4.79 Å². The fourth-order valence-corrected chi connectivity index (χ4v) is 4.87. The molecular weight excluding hydrogens is 378 g/mol. The summed E-state index contributed by atoms with van der Waals surface area (Å²) in [7, 11) is 1.77. The maximum Gasteiger partial charge on any atom is 0.328 e. The molecule has 7 heteroatoms. The maximum atomic E-state index is 13.3. The molecule has 3 aliphatic heterocycles. The quantitative estimate of drug-likeness (QED) is 0.646. The van der Waals surface area contributed by atoms with Crippen LogP contribution in [0.3, 0.4) is 0 Å². The molecule has 0 radical (unpaired) electrons. The van der Waals surface area contributed by atoms with Crippen molar-refractivity contribution in [1.82, 2.24) is 14.7 Å². The number of aliphatic imine (C=N–C) groups is 1. The number of aryl methyl sites for hydroxylation is 2. The predicted octanol–water partition coefficient (Wildman–Crippen LogP) is 3.35. The van der Waals surface area contributed by atoms with Crippen LogP contribution in [0.25, 0.3) is 0 Å². The number of guanidine groups is 1. The Morgan fingerprint density at radius 2 is 1.70 bits per heavy atom. The SMILES string of the molecule is CCCCCCCN1C(=O)C2C(N=C3N(c4cc(C)cc(C)c4)CCN32)N(C)C1=O. The largest absolute Gasteiger partial charge is 0.328 e. The molecule has 4 rings (SSSR count). The lowest BCUT2D eigenvalue weighted by atomic mass is 10.1. The van der Waals surface area contributed by atoms with Gasteiger partial charge in [0.15, 0.2) is 12.2 Å². The number of hydrogen-bond donors (Lipinski definition) is 0. The molecule has 0 aromatic heterocycles. The molecule has 3 amide bonds. The Morgan fingerprint density at radius 3 is 2.40 bits per heavy atom. The molecule has 0 spiro atoms. The Kier molecular flexibility index (Phi) is 5.71. The van der Waals surface area contributed by atoms with Crippen molar-refractivity contribution >= 4 is 23.6 Å². The van der Waals surface area contributed by atoms with E-state index in [9.17, 15) is 9.59 Å². The van der Waals surface area contributed by atoms with Crippen molar-refractivity contribution in [3.63, 3.8) is 0 Å². The van der Waals surface area contributed by atoms with Crippen LogP contribution in [0.2, 0.25) is 0 Å². The molecule has 2 fully saturated rings. The van der Waals surface area contributed by atoms with E-state index in [1.54, 1.807) is 11.9 Å². The van der Waals surface area contributed by atoms with Gasteiger partial charge in [0.2, 0.25) is 5.96 Å². The third kappa shape index (κ3) is 3.55. The van der Waals surface area contributed by atoms with Gasteiger partial charge in [-0.05, 0) is 43.5 Å². The van der Waals surface area contributed by atoms with E-state index in [2.05, 4.69) is 48.8 Å². The number of imide groups is 1. The van der Waals surface area contributed by atoms with Crippen LogP contribution in [0.4, 0.5) is 10.5 Å². The van der Waals surface area contributed by atoms with Gasteiger partial charge in [0.1, 0.15) is 0 Å². The van der Waals surface area contributed by atoms with E-state index < -0.39 is 12.2 Å². The van der Waals surface area contributed by atoms with Gasteiger partial charge in [0.05, 0.1) is 0 Å². The van der Waals surface area contributed by atoms with Crippen molar-refractivity contribution < 1.29 is 9.59 Å². The zero-order valence-electron chi connectivity index (χ0n) is 18.6. The lowest BCUT2D eigenvalue weighted by Crippen LogP contribution is -2.64. The van der Waals surface area contributed by atoms with Gasteiger partial charge in [-0.25, -0.2) is 9.79 Å². The van der Waals surface area contributed by atoms with E-state index in [-0.39, 0.29) is 11.9 Å². The van der Waals surface area contributed by atoms with Crippen molar-refractivity contribution in [2.45, 2.75) is 65.1 Å². The van der Waals surface area contributed by atoms with E-state index in [1.165, 1.54) is 28.9 Å². The first-order valence-electron chi connectivity index (χ1n) is 11.2. The lowest BCUT2D eigenvalue weighted by molar-refractivity contribution is -0.137. The van der Waals surface area contributed by atoms with Gasteiger partial charge in [-0.15, -0.1) is 0 Å². The monoisotopic (exact) mass is 411 g/mol. The van der Waals surface area contributed by atoms with Crippen molar-refractivity contribution in [3.05, 3.63) is 29.3 Å². The van der Waals surface area contributed by atoms with E-state index >= 15 is 0 Å². The Hall–Kier alpha value is -2.57. The van der Waals surface area contributed by atoms with Crippen LogP contribution in [0, 0.1) is 13.8 Å². The highest BCUT2D eigenvalue weighted by Crippen LogP contribution is 2.34. The zero-order chi connectivity index (χ0) is 21.4. The number of carbonyl (C=O) groups excluding carboxylic acids is 2. The van der Waals surface area contributed by atoms with E-state index in [1.807, 2.05) is 0 Å². The number of rotatable bonds is 7. The normalized spacial score (nSPS) is 23.3. The molecule has 7 nitrogen and oxygen atoms in total. The first-order chi connectivity index (χ1) is 14.4. The summed E-state index contributed by atoms with van der Waals surface area (Å²) in [6, 6.07) is 5.83. The minimum atomic E-state index is -0.440. The standard InChI is InChI=1S/C23H33N5O2/c1-5-6-7-8-9-10-28-21(29)19-20(25(4)23(28)30)24-22-26(11-12-27(19)22)18-14-16(2)13-17(3)15-18/h13-15,19-20H,5-12H2,1-4H3. The van der Waals surface area contributed by atoms with Gasteiger partial charge in [-0.3, -0.25) is 9.69 Å². The first kappa shape index (κ1) is 20.7. The van der Waals surface area contributed by atoms with Crippen LogP contribution in [-0.4, -0.2) is 71.5 Å². The summed E-state index contributed by atoms with van der Waals surface area (Å²) < 4.78 is 0. The Morgan fingerprint density at radius 1 is 1.00 bits per heavy atom. The number of urea groups is 1. The Labute approximate surface area is 179 Å². The highest BCUT2D eigenvalue weighted by Gasteiger charge is 2.54. The number of benzene rings is 1. The number of fused-ring (bicyclic) bond motifs is 3. The number of likely N-dealkylation sites (N-methyl/N-ethyl adjacent to an activating group) is 1. The molecule has 0 N–H and O–H groups in total. The molecule has 0 aliphatic carbocycles. The van der Waals surface area contributed by atoms with Crippen molar-refractivity contribution in [2.24, 2.45) is 4.99 Å². The number of unbranched alkanes of at least 4 members (excludes halogenated alkanes) is 4. The second kappa shape index (κ2) is 8.28. The molecule has 2 saturated heterocycles. The van der Waals surface area contributed by atoms with Gasteiger partial charge in [0, 0.05) is 32.4 Å². The van der Waals surface area contributed by atoms with Gasteiger partial charge in [-0.1, -0.05) is 38.7 Å². The number of nitrogens with zero attached hydrogens (tertiary/aromatic N) is 5. The van der Waals surface area contributed by atoms with E-state index in [0.29, 0.717) is 6.54 Å². The number of anilines is 1. The second-order valence-corrected chi connectivity index (χ2v) is 8.78. The minimum Gasteiger partial charge on any atom is -0.325 e. The fraction of sp³-hybridized carbons (Fsp3) is 0.609. The molecule has 2 unspecified atom stereocenters. The summed E-state index contributed by atoms with van der Waals surface area (Å²) in [6.07, 6.45) is 5.01. The fourth-order valence-electron chi connectivity index (χ4n) is 4.87. The van der Waals surface area contributed by atoms with Crippen LogP contribution in [0.15, 0.2) is 23.2 Å². The van der Waals surface area contributed by atoms with Gasteiger partial charge in [-0.2, -0.15) is 0 Å². The second-order valence-electron chi connectivity index (χ2n) is 8.78. The molecule has 30 heavy (non-hydrogen) atoms. The average Bonchev–Trinajstić information content (AvgIpc) is 3.27. The van der Waals surface area contributed by atoms with Gasteiger partial charge < -0.3 is 14.7 Å². The molecule has 3 aliphatic rings. The molecular formula is C23H33N5O2. The molecule has 1 aromatic rings. The molecule has 162 valence electrons. The van der Waals surface area contributed by atoms with Crippen LogP contribution in [0.5, 0.6) is 0 Å². The van der Waals surface area contributed by atoms with Crippen LogP contribution >= 0.6 is 0 Å². The smallest absolute Gasteiger partial charge is 0.325 e. The molecule has 0 bridgehead atoms. The molecule has 3 heterocycles. The van der Waals surface area contributed by atoms with Gasteiger partial charge in [0.25, 0.3) is 5.91 Å². The average molecular weight is 412 g/mol. The summed E-state index contributed by atoms with van der Waals surface area (Å²) in [5.41, 5.74) is 3.51. The zero-order valence-corrected chi connectivity index (χ0v) is 18.6. The third-order valence-electron chi connectivity index (χ3n) is 6.38. The van der Waals surface area contributed by atoms with Crippen LogP contribution in [0.1, 0.15) is 50.2 Å². The molecule has 2 atom stereocenters. The summed E-state index contributed by atoms with van der Waals surface area (Å²) in [5, 5.41) is 0. The van der Waals surface area contributed by atoms with E-state index in [0.717, 1.165) is 44.0 Å². The van der Waals surface area contributed by atoms with Gasteiger partial charge >= 0.3 is 6.03 Å². The molecule has 0 saturated carbocycles. The topological polar surface area (TPSA) is 59.5 Å². The lowest BCUT2D eigenvalue weighted by Gasteiger charge is -2.40. The molecule has 1 aromatic carbocycles. The minimum absolute atomic E-state index is 0.0976. The Balaban J connectivity index is 1.52.